The van der Waals surface area contributed by atoms with E-state index in [0.717, 1.165) is 37.9 Å². The summed E-state index contributed by atoms with van der Waals surface area (Å²) < 4.78 is 10.9. The molecule has 1 N–H and O–H groups in total. The van der Waals surface area contributed by atoms with Crippen LogP contribution in [0.1, 0.15) is 81.4 Å². The minimum Gasteiger partial charge on any atom is -0.465 e. The molecule has 1 aliphatic rings. The summed E-state index contributed by atoms with van der Waals surface area (Å²) in [6.07, 6.45) is 6.24. The van der Waals surface area contributed by atoms with Crippen LogP contribution < -0.4 is 0 Å². The van der Waals surface area contributed by atoms with Crippen molar-refractivity contribution in [1.29, 1.82) is 0 Å². The number of furan rings is 1. The number of hydrogen-bond donors (Lipinski definition) is 1. The molecule has 3 unspecified atom stereocenters. The van der Waals surface area contributed by atoms with Crippen LogP contribution in [0.15, 0.2) is 22.1 Å². The van der Waals surface area contributed by atoms with E-state index < -0.39 is 12.1 Å². The molecule has 1 aromatic rings. The maximum atomic E-state index is 12.2. The number of allylic oxidation sites excluding steroid dienone is 2. The number of hydrogen-bond acceptors (Lipinski definition) is 4. The Morgan fingerprint density at radius 3 is 2.72 bits per heavy atom. The largest absolute Gasteiger partial charge is 0.465 e. The Bertz CT molecular complexity index is 611. The van der Waals surface area contributed by atoms with Crippen molar-refractivity contribution < 1.29 is 19.1 Å². The third-order valence-corrected chi connectivity index (χ3v) is 5.32. The normalized spacial score (nSPS) is 27.6. The highest BCUT2D eigenvalue weighted by molar-refractivity contribution is 5.90. The fourth-order valence-corrected chi connectivity index (χ4v) is 3.65. The summed E-state index contributed by atoms with van der Waals surface area (Å²) in [6, 6.07) is 1.76. The van der Waals surface area contributed by atoms with Crippen LogP contribution in [0, 0.1) is 17.8 Å². The van der Waals surface area contributed by atoms with Gasteiger partial charge in [-0.15, -0.1) is 0 Å². The van der Waals surface area contributed by atoms with Gasteiger partial charge in [0, 0.05) is 6.42 Å². The van der Waals surface area contributed by atoms with Gasteiger partial charge in [0.25, 0.3) is 0 Å². The molecule has 25 heavy (non-hydrogen) atoms. The molecule has 1 aliphatic heterocycles. The summed E-state index contributed by atoms with van der Waals surface area (Å²) in [6.45, 7) is 8.57. The van der Waals surface area contributed by atoms with Crippen molar-refractivity contribution in [1.82, 2.24) is 0 Å². The molecule has 2 bridgehead atoms. The maximum absolute atomic E-state index is 12.2. The summed E-state index contributed by atoms with van der Waals surface area (Å²) in [5.41, 5.74) is 1.74. The van der Waals surface area contributed by atoms with Crippen LogP contribution in [0.2, 0.25) is 0 Å². The van der Waals surface area contributed by atoms with Gasteiger partial charge in [-0.05, 0) is 56.4 Å². The highest BCUT2D eigenvalue weighted by Crippen LogP contribution is 2.37. The second kappa shape index (κ2) is 8.70. The molecule has 0 aliphatic carbocycles. The summed E-state index contributed by atoms with van der Waals surface area (Å²) in [5, 5.41) is 11.0. The second-order valence-corrected chi connectivity index (χ2v) is 7.81. The Morgan fingerprint density at radius 1 is 1.36 bits per heavy atom. The predicted octanol–water partition coefficient (Wildman–Crippen LogP) is 5.07. The number of ether oxygens (including phenoxy) is 1. The smallest absolute Gasteiger partial charge is 0.341 e. The summed E-state index contributed by atoms with van der Waals surface area (Å²) in [5.74, 6) is 1.45. The molecule has 3 atom stereocenters. The van der Waals surface area contributed by atoms with Crippen LogP contribution >= 0.6 is 0 Å². The Morgan fingerprint density at radius 2 is 2.08 bits per heavy atom. The molecule has 0 radical (unpaired) electrons. The minimum atomic E-state index is -0.799. The third-order valence-electron chi connectivity index (χ3n) is 5.32. The summed E-state index contributed by atoms with van der Waals surface area (Å²) >= 11 is 0. The molecule has 0 fully saturated rings. The third kappa shape index (κ3) is 4.97. The van der Waals surface area contributed by atoms with Gasteiger partial charge in [-0.3, -0.25) is 0 Å². The SMILES string of the molecule is COC(=O)c1cc2oc1C(O)C(C(C)C)CC/C(C)=C/CCC(C)C2. The number of rotatable bonds is 2. The zero-order chi connectivity index (χ0) is 18.6. The monoisotopic (exact) mass is 348 g/mol. The second-order valence-electron chi connectivity index (χ2n) is 7.81. The molecular weight excluding hydrogens is 316 g/mol. The van der Waals surface area contributed by atoms with Gasteiger partial charge in [0.2, 0.25) is 0 Å². The number of aliphatic hydroxyl groups excluding tert-OH is 1. The van der Waals surface area contributed by atoms with Crippen LogP contribution in [-0.4, -0.2) is 18.2 Å². The highest BCUT2D eigenvalue weighted by Gasteiger charge is 2.32. The lowest BCUT2D eigenvalue weighted by atomic mass is 9.83. The first kappa shape index (κ1) is 19.8. The van der Waals surface area contributed by atoms with E-state index >= 15 is 0 Å². The summed E-state index contributed by atoms with van der Waals surface area (Å²) in [4.78, 5) is 12.2. The zero-order valence-corrected chi connectivity index (χ0v) is 16.2. The molecule has 0 saturated heterocycles. The first-order valence-corrected chi connectivity index (χ1v) is 9.38. The molecule has 2 rings (SSSR count). The van der Waals surface area contributed by atoms with Gasteiger partial charge < -0.3 is 14.3 Å². The van der Waals surface area contributed by atoms with Crippen LogP contribution in [-0.2, 0) is 11.2 Å². The summed E-state index contributed by atoms with van der Waals surface area (Å²) in [7, 11) is 1.36. The van der Waals surface area contributed by atoms with Crippen molar-refractivity contribution in [2.45, 2.75) is 65.9 Å². The van der Waals surface area contributed by atoms with Crippen LogP contribution in [0.3, 0.4) is 0 Å². The molecule has 0 amide bonds. The number of aliphatic hydroxyl groups is 1. The number of esters is 1. The number of carbonyl (C=O) groups excluding carboxylic acids is 1. The topological polar surface area (TPSA) is 59.7 Å². The highest BCUT2D eigenvalue weighted by atomic mass is 16.5. The molecule has 4 nitrogen and oxygen atoms in total. The molecule has 140 valence electrons. The minimum absolute atomic E-state index is 0.0314. The van der Waals surface area contributed by atoms with Crippen LogP contribution in [0.25, 0.3) is 0 Å². The Balaban J connectivity index is 2.43. The van der Waals surface area contributed by atoms with Crippen molar-refractivity contribution in [3.05, 3.63) is 34.8 Å². The van der Waals surface area contributed by atoms with E-state index in [1.165, 1.54) is 12.7 Å². The van der Waals surface area contributed by atoms with Crippen molar-refractivity contribution in [3.8, 4) is 0 Å². The first-order valence-electron chi connectivity index (χ1n) is 9.38. The number of methoxy groups -OCH3 is 1. The van der Waals surface area contributed by atoms with Gasteiger partial charge in [0.15, 0.2) is 0 Å². The lowest BCUT2D eigenvalue weighted by Crippen LogP contribution is -2.20. The van der Waals surface area contributed by atoms with Gasteiger partial charge in [-0.25, -0.2) is 4.79 Å². The lowest BCUT2D eigenvalue weighted by Gasteiger charge is -2.26. The van der Waals surface area contributed by atoms with E-state index in [1.54, 1.807) is 6.07 Å². The van der Waals surface area contributed by atoms with Crippen molar-refractivity contribution in [3.63, 3.8) is 0 Å². The average Bonchev–Trinajstić information content (AvgIpc) is 2.96. The van der Waals surface area contributed by atoms with Gasteiger partial charge in [-0.2, -0.15) is 0 Å². The number of carbonyl (C=O) groups is 1. The van der Waals surface area contributed by atoms with E-state index in [4.69, 9.17) is 9.15 Å². The Labute approximate surface area is 151 Å². The van der Waals surface area contributed by atoms with Crippen LogP contribution in [0.4, 0.5) is 0 Å². The fraction of sp³-hybridized carbons (Fsp3) is 0.667. The molecule has 1 aromatic heterocycles. The zero-order valence-electron chi connectivity index (χ0n) is 16.2. The number of fused-ring (bicyclic) bond motifs is 2. The van der Waals surface area contributed by atoms with Gasteiger partial charge in [0.05, 0.1) is 7.11 Å². The van der Waals surface area contributed by atoms with Gasteiger partial charge in [-0.1, -0.05) is 32.4 Å². The molecule has 2 heterocycles. The van der Waals surface area contributed by atoms with Crippen LogP contribution in [0.5, 0.6) is 0 Å². The molecule has 0 saturated carbocycles. The fourth-order valence-electron chi connectivity index (χ4n) is 3.65. The van der Waals surface area contributed by atoms with Crippen molar-refractivity contribution in [2.24, 2.45) is 17.8 Å². The lowest BCUT2D eigenvalue weighted by molar-refractivity contribution is 0.0476. The van der Waals surface area contributed by atoms with E-state index in [1.807, 2.05) is 0 Å². The molecule has 0 spiro atoms. The van der Waals surface area contributed by atoms with E-state index in [0.29, 0.717) is 17.2 Å². The molecule has 0 aromatic carbocycles. The Hall–Kier alpha value is -1.55. The first-order chi connectivity index (χ1) is 11.8. The quantitative estimate of drug-likeness (QED) is 0.599. The standard InChI is InChI=1S/C21H32O4/c1-13(2)17-10-9-14(3)7-6-8-15(4)11-16-12-18(21(23)24-5)20(25-16)19(17)22/h7,12-13,15,17,19,22H,6,8-11H2,1-5H3/b14-7+. The van der Waals surface area contributed by atoms with Gasteiger partial charge >= 0.3 is 5.97 Å². The predicted molar refractivity (Wildman–Crippen MR) is 98.4 cm³/mol. The van der Waals surface area contributed by atoms with E-state index in [2.05, 4.69) is 33.8 Å². The molecule has 4 heteroatoms. The van der Waals surface area contributed by atoms with Crippen molar-refractivity contribution >= 4 is 5.97 Å². The van der Waals surface area contributed by atoms with E-state index in [9.17, 15) is 9.90 Å². The van der Waals surface area contributed by atoms with E-state index in [-0.39, 0.29) is 11.8 Å². The van der Waals surface area contributed by atoms with Crippen molar-refractivity contribution in [2.75, 3.05) is 7.11 Å². The average molecular weight is 348 g/mol. The molecular formula is C21H32O4. The van der Waals surface area contributed by atoms with Gasteiger partial charge in [0.1, 0.15) is 23.2 Å². The Kier molecular flexibility index (Phi) is 6.88. The maximum Gasteiger partial charge on any atom is 0.341 e.